The molecule has 0 unspecified atom stereocenters. The second-order valence-electron chi connectivity index (χ2n) is 4.00. The van der Waals surface area contributed by atoms with Gasteiger partial charge in [0.15, 0.2) is 0 Å². The monoisotopic (exact) mass is 202 g/mol. The summed E-state index contributed by atoms with van der Waals surface area (Å²) in [5.74, 6) is 0.602. The molecule has 4 nitrogen and oxygen atoms in total. The zero-order valence-electron chi connectivity index (χ0n) is 9.34. The van der Waals surface area contributed by atoms with Crippen LogP contribution in [0.5, 0.6) is 0 Å². The zero-order valence-corrected chi connectivity index (χ0v) is 9.34. The number of rotatable bonds is 6. The molecule has 0 aliphatic carbocycles. The van der Waals surface area contributed by atoms with E-state index >= 15 is 0 Å². The average Bonchev–Trinajstić information content (AvgIpc) is 2.03. The Balaban J connectivity index is 3.45. The number of nitrogens with one attached hydrogen (secondary N) is 2. The van der Waals surface area contributed by atoms with Crippen molar-refractivity contribution in [1.82, 2.24) is 10.6 Å². The van der Waals surface area contributed by atoms with Crippen molar-refractivity contribution in [2.75, 3.05) is 13.2 Å². The molecule has 2 amide bonds. The first-order chi connectivity index (χ1) is 6.56. The van der Waals surface area contributed by atoms with E-state index in [2.05, 4.69) is 24.5 Å². The molecular weight excluding hydrogens is 180 g/mol. The highest BCUT2D eigenvalue weighted by molar-refractivity contribution is 5.74. The highest BCUT2D eigenvalue weighted by Crippen LogP contribution is 1.96. The Kier molecular flexibility index (Phi) is 7.20. The van der Waals surface area contributed by atoms with Crippen LogP contribution in [0.25, 0.3) is 0 Å². The molecule has 0 fully saturated rings. The van der Waals surface area contributed by atoms with E-state index in [0.717, 1.165) is 6.42 Å². The minimum absolute atomic E-state index is 0.0269. The van der Waals surface area contributed by atoms with E-state index in [1.165, 1.54) is 0 Å². The maximum absolute atomic E-state index is 11.2. The van der Waals surface area contributed by atoms with Crippen LogP contribution >= 0.6 is 0 Å². The number of urea groups is 1. The first kappa shape index (κ1) is 13.2. The van der Waals surface area contributed by atoms with E-state index in [9.17, 15) is 4.79 Å². The molecule has 0 spiro atoms. The van der Waals surface area contributed by atoms with Crippen molar-refractivity contribution in [3.63, 3.8) is 0 Å². The van der Waals surface area contributed by atoms with Crippen LogP contribution in [0, 0.1) is 5.92 Å². The molecule has 0 saturated carbocycles. The van der Waals surface area contributed by atoms with Gasteiger partial charge in [0.1, 0.15) is 0 Å². The summed E-state index contributed by atoms with van der Waals surface area (Å²) in [6, 6.07) is -0.120. The molecule has 0 aliphatic rings. The van der Waals surface area contributed by atoms with Crippen LogP contribution in [0.1, 0.15) is 33.6 Å². The number of carbonyl (C=O) groups is 1. The Hall–Kier alpha value is -0.770. The molecule has 0 saturated heterocycles. The summed E-state index contributed by atoms with van der Waals surface area (Å²) in [6.07, 6.45) is 1.58. The second-order valence-corrected chi connectivity index (χ2v) is 4.00. The van der Waals surface area contributed by atoms with E-state index in [4.69, 9.17) is 5.11 Å². The number of aliphatic hydroxyl groups excluding tert-OH is 1. The molecule has 4 heteroatoms. The van der Waals surface area contributed by atoms with Crippen molar-refractivity contribution in [3.05, 3.63) is 0 Å². The molecule has 0 aromatic carbocycles. The Bertz CT molecular complexity index is 160. The van der Waals surface area contributed by atoms with Crippen LogP contribution in [-0.2, 0) is 0 Å². The van der Waals surface area contributed by atoms with Crippen molar-refractivity contribution in [2.24, 2.45) is 5.92 Å². The van der Waals surface area contributed by atoms with Gasteiger partial charge in [0.2, 0.25) is 0 Å². The van der Waals surface area contributed by atoms with Crippen LogP contribution in [0.15, 0.2) is 0 Å². The lowest BCUT2D eigenvalue weighted by atomic mass is 10.1. The van der Waals surface area contributed by atoms with Gasteiger partial charge >= 0.3 is 6.03 Å². The van der Waals surface area contributed by atoms with Crippen molar-refractivity contribution in [1.29, 1.82) is 0 Å². The number of hydrogen-bond acceptors (Lipinski definition) is 2. The first-order valence-corrected chi connectivity index (χ1v) is 5.21. The lowest BCUT2D eigenvalue weighted by molar-refractivity contribution is 0.230. The Morgan fingerprint density at radius 1 is 1.29 bits per heavy atom. The van der Waals surface area contributed by atoms with Gasteiger partial charge in [0.25, 0.3) is 0 Å². The maximum Gasteiger partial charge on any atom is 0.314 e. The Morgan fingerprint density at radius 2 is 1.93 bits per heavy atom. The number of hydrogen-bond donors (Lipinski definition) is 3. The molecular formula is C10H22N2O2. The molecule has 0 aromatic rings. The molecule has 3 N–H and O–H groups in total. The van der Waals surface area contributed by atoms with Crippen molar-refractivity contribution in [3.8, 4) is 0 Å². The largest absolute Gasteiger partial charge is 0.396 e. The smallest absolute Gasteiger partial charge is 0.314 e. The van der Waals surface area contributed by atoms with Crippen LogP contribution in [0.3, 0.4) is 0 Å². The lowest BCUT2D eigenvalue weighted by Crippen LogP contribution is -2.41. The Morgan fingerprint density at radius 3 is 2.43 bits per heavy atom. The van der Waals surface area contributed by atoms with Gasteiger partial charge in [-0.1, -0.05) is 13.8 Å². The summed E-state index contributed by atoms with van der Waals surface area (Å²) < 4.78 is 0. The van der Waals surface area contributed by atoms with E-state index in [1.54, 1.807) is 0 Å². The maximum atomic E-state index is 11.2. The predicted molar refractivity (Wildman–Crippen MR) is 57.2 cm³/mol. The van der Waals surface area contributed by atoms with Crippen molar-refractivity contribution < 1.29 is 9.90 Å². The molecule has 0 aromatic heterocycles. The topological polar surface area (TPSA) is 61.4 Å². The van der Waals surface area contributed by atoms with Gasteiger partial charge in [-0.25, -0.2) is 4.79 Å². The van der Waals surface area contributed by atoms with Gasteiger partial charge in [-0.3, -0.25) is 0 Å². The molecule has 0 aliphatic heterocycles. The minimum atomic E-state index is -0.147. The van der Waals surface area contributed by atoms with Crippen LogP contribution < -0.4 is 10.6 Å². The molecule has 1 atom stereocenters. The van der Waals surface area contributed by atoms with E-state index in [-0.39, 0.29) is 18.7 Å². The summed E-state index contributed by atoms with van der Waals surface area (Å²) in [7, 11) is 0. The summed E-state index contributed by atoms with van der Waals surface area (Å²) in [4.78, 5) is 11.2. The third kappa shape index (κ3) is 7.86. The minimum Gasteiger partial charge on any atom is -0.396 e. The summed E-state index contributed by atoms with van der Waals surface area (Å²) in [5.41, 5.74) is 0. The molecule has 14 heavy (non-hydrogen) atoms. The van der Waals surface area contributed by atoms with Gasteiger partial charge in [-0.15, -0.1) is 0 Å². The van der Waals surface area contributed by atoms with E-state index in [0.29, 0.717) is 18.9 Å². The fraction of sp³-hybridized carbons (Fsp3) is 0.900. The van der Waals surface area contributed by atoms with Gasteiger partial charge in [0, 0.05) is 19.2 Å². The third-order valence-corrected chi connectivity index (χ3v) is 1.95. The zero-order chi connectivity index (χ0) is 11.0. The van der Waals surface area contributed by atoms with Gasteiger partial charge < -0.3 is 15.7 Å². The summed E-state index contributed by atoms with van der Waals surface area (Å²) >= 11 is 0. The summed E-state index contributed by atoms with van der Waals surface area (Å²) in [6.45, 7) is 6.92. The number of aliphatic hydroxyl groups is 1. The SMILES string of the molecule is CC(C)CCNC(=O)N[C@H](C)CCO. The highest BCUT2D eigenvalue weighted by Gasteiger charge is 2.05. The van der Waals surface area contributed by atoms with Crippen LogP contribution in [-0.4, -0.2) is 30.3 Å². The van der Waals surface area contributed by atoms with Gasteiger partial charge in [0.05, 0.1) is 0 Å². The van der Waals surface area contributed by atoms with Gasteiger partial charge in [-0.05, 0) is 25.7 Å². The molecule has 0 heterocycles. The fourth-order valence-electron chi connectivity index (χ4n) is 1.02. The van der Waals surface area contributed by atoms with Crippen LogP contribution in [0.4, 0.5) is 4.79 Å². The number of carbonyl (C=O) groups excluding carboxylic acids is 1. The molecule has 0 bridgehead atoms. The van der Waals surface area contributed by atoms with Crippen LogP contribution in [0.2, 0.25) is 0 Å². The molecule has 0 rings (SSSR count). The van der Waals surface area contributed by atoms with Crippen molar-refractivity contribution in [2.45, 2.75) is 39.7 Å². The number of amides is 2. The average molecular weight is 202 g/mol. The van der Waals surface area contributed by atoms with E-state index in [1.807, 2.05) is 6.92 Å². The Labute approximate surface area is 86.1 Å². The van der Waals surface area contributed by atoms with E-state index < -0.39 is 0 Å². The van der Waals surface area contributed by atoms with Crippen molar-refractivity contribution >= 4 is 6.03 Å². The second kappa shape index (κ2) is 7.62. The highest BCUT2D eigenvalue weighted by atomic mass is 16.3. The van der Waals surface area contributed by atoms with Gasteiger partial charge in [-0.2, -0.15) is 0 Å². The summed E-state index contributed by atoms with van der Waals surface area (Å²) in [5, 5.41) is 14.1. The molecule has 84 valence electrons. The quantitative estimate of drug-likeness (QED) is 0.604. The standard InChI is InChI=1S/C10H22N2O2/c1-8(2)4-6-11-10(14)12-9(3)5-7-13/h8-9,13H,4-7H2,1-3H3,(H2,11,12,14)/t9-/m1/s1. The lowest BCUT2D eigenvalue weighted by Gasteiger charge is -2.13. The first-order valence-electron chi connectivity index (χ1n) is 5.21. The molecule has 0 radical (unpaired) electrons. The third-order valence-electron chi connectivity index (χ3n) is 1.95. The predicted octanol–water partition coefficient (Wildman–Crippen LogP) is 1.10. The normalized spacial score (nSPS) is 12.6. The fourth-order valence-corrected chi connectivity index (χ4v) is 1.02.